The highest BCUT2D eigenvalue weighted by atomic mass is 35.5. The van der Waals surface area contributed by atoms with Gasteiger partial charge in [0.05, 0.1) is 23.8 Å². The van der Waals surface area contributed by atoms with Gasteiger partial charge in [0.25, 0.3) is 0 Å². The molecule has 1 aromatic heterocycles. The van der Waals surface area contributed by atoms with Crippen molar-refractivity contribution in [1.29, 1.82) is 0 Å². The Bertz CT molecular complexity index is 879. The van der Waals surface area contributed by atoms with Crippen LogP contribution in [-0.2, 0) is 4.74 Å². The smallest absolute Gasteiger partial charge is 0.341 e. The number of carbonyl (C=O) groups excluding carboxylic acids is 1. The molecule has 0 fully saturated rings. The van der Waals surface area contributed by atoms with E-state index in [-0.39, 0.29) is 0 Å². The SMILES string of the molecule is CCOC(=O)c1ccc(-c2cc3cc(Cl)c(Cl)cc3[nH]2)cc1OC. The summed E-state index contributed by atoms with van der Waals surface area (Å²) in [6, 6.07) is 10.9. The molecule has 0 aliphatic rings. The van der Waals surface area contributed by atoms with Crippen LogP contribution >= 0.6 is 23.2 Å². The van der Waals surface area contributed by atoms with Crippen LogP contribution in [0.1, 0.15) is 17.3 Å². The van der Waals surface area contributed by atoms with E-state index in [0.717, 1.165) is 22.2 Å². The van der Waals surface area contributed by atoms with Gasteiger partial charge in [-0.1, -0.05) is 29.3 Å². The summed E-state index contributed by atoms with van der Waals surface area (Å²) in [5.74, 6) is 0.0526. The minimum absolute atomic E-state index is 0.313. The Morgan fingerprint density at radius 1 is 1.12 bits per heavy atom. The lowest BCUT2D eigenvalue weighted by atomic mass is 10.1. The van der Waals surface area contributed by atoms with Gasteiger partial charge < -0.3 is 14.5 Å². The molecule has 0 aliphatic heterocycles. The van der Waals surface area contributed by atoms with Gasteiger partial charge in [0, 0.05) is 22.2 Å². The summed E-state index contributed by atoms with van der Waals surface area (Å²) in [5.41, 5.74) is 3.03. The van der Waals surface area contributed by atoms with Gasteiger partial charge in [-0.15, -0.1) is 0 Å². The number of hydrogen-bond acceptors (Lipinski definition) is 3. The van der Waals surface area contributed by atoms with E-state index in [1.54, 1.807) is 25.1 Å². The van der Waals surface area contributed by atoms with Crippen molar-refractivity contribution < 1.29 is 14.3 Å². The first-order valence-electron chi connectivity index (χ1n) is 7.36. The molecule has 1 N–H and O–H groups in total. The number of halogens is 2. The average Bonchev–Trinajstić information content (AvgIpc) is 2.97. The number of H-pyrrole nitrogens is 1. The quantitative estimate of drug-likeness (QED) is 0.637. The van der Waals surface area contributed by atoms with Gasteiger partial charge in [-0.25, -0.2) is 4.79 Å². The van der Waals surface area contributed by atoms with Crippen LogP contribution in [0, 0.1) is 0 Å². The van der Waals surface area contributed by atoms with E-state index in [9.17, 15) is 4.79 Å². The zero-order valence-electron chi connectivity index (χ0n) is 13.2. The number of aromatic nitrogens is 1. The maximum atomic E-state index is 11.9. The molecule has 0 bridgehead atoms. The normalized spacial score (nSPS) is 10.8. The van der Waals surface area contributed by atoms with Crippen LogP contribution in [0.3, 0.4) is 0 Å². The number of benzene rings is 2. The maximum Gasteiger partial charge on any atom is 0.341 e. The number of methoxy groups -OCH3 is 1. The molecule has 0 atom stereocenters. The fourth-order valence-electron chi connectivity index (χ4n) is 2.52. The average molecular weight is 364 g/mol. The number of rotatable bonds is 4. The zero-order valence-corrected chi connectivity index (χ0v) is 14.7. The minimum Gasteiger partial charge on any atom is -0.496 e. The third kappa shape index (κ3) is 3.07. The van der Waals surface area contributed by atoms with Crippen molar-refractivity contribution in [1.82, 2.24) is 4.98 Å². The predicted octanol–water partition coefficient (Wildman–Crippen LogP) is 5.33. The summed E-state index contributed by atoms with van der Waals surface area (Å²) < 4.78 is 10.4. The monoisotopic (exact) mass is 363 g/mol. The van der Waals surface area contributed by atoms with E-state index in [2.05, 4.69) is 4.98 Å². The van der Waals surface area contributed by atoms with E-state index in [1.807, 2.05) is 18.2 Å². The lowest BCUT2D eigenvalue weighted by molar-refractivity contribution is 0.0523. The van der Waals surface area contributed by atoms with Gasteiger partial charge >= 0.3 is 5.97 Å². The number of aromatic amines is 1. The van der Waals surface area contributed by atoms with Crippen LogP contribution < -0.4 is 4.74 Å². The van der Waals surface area contributed by atoms with Crippen molar-refractivity contribution >= 4 is 40.1 Å². The highest BCUT2D eigenvalue weighted by molar-refractivity contribution is 6.42. The van der Waals surface area contributed by atoms with Crippen molar-refractivity contribution in [3.8, 4) is 17.0 Å². The van der Waals surface area contributed by atoms with Crippen molar-refractivity contribution in [3.05, 3.63) is 52.0 Å². The van der Waals surface area contributed by atoms with Gasteiger partial charge in [-0.05, 0) is 37.3 Å². The molecule has 0 saturated heterocycles. The van der Waals surface area contributed by atoms with E-state index in [1.165, 1.54) is 7.11 Å². The van der Waals surface area contributed by atoms with Crippen molar-refractivity contribution in [3.63, 3.8) is 0 Å². The first-order valence-corrected chi connectivity index (χ1v) is 8.12. The fraction of sp³-hybridized carbons (Fsp3) is 0.167. The Morgan fingerprint density at radius 3 is 2.58 bits per heavy atom. The van der Waals surface area contributed by atoms with E-state index < -0.39 is 5.97 Å². The third-order valence-electron chi connectivity index (χ3n) is 3.67. The van der Waals surface area contributed by atoms with Crippen molar-refractivity contribution in [2.45, 2.75) is 6.92 Å². The molecule has 24 heavy (non-hydrogen) atoms. The lowest BCUT2D eigenvalue weighted by Crippen LogP contribution is -2.06. The molecule has 0 aliphatic carbocycles. The first kappa shape index (κ1) is 16.7. The summed E-state index contributed by atoms with van der Waals surface area (Å²) in [6.45, 7) is 2.08. The van der Waals surface area contributed by atoms with E-state index >= 15 is 0 Å². The Balaban J connectivity index is 2.05. The topological polar surface area (TPSA) is 51.3 Å². The standard InChI is InChI=1S/C18H15Cl2NO3/c1-3-24-18(22)12-5-4-10(8-17(12)23-2)15-7-11-6-13(19)14(20)9-16(11)21-15/h4-9,21H,3H2,1-2H3. The van der Waals surface area contributed by atoms with E-state index in [0.29, 0.717) is 28.0 Å². The Kier molecular flexibility index (Phi) is 4.69. The van der Waals surface area contributed by atoms with Crippen LogP contribution in [0.2, 0.25) is 10.0 Å². The van der Waals surface area contributed by atoms with Gasteiger partial charge in [-0.3, -0.25) is 0 Å². The Hall–Kier alpha value is -2.17. The molecule has 2 aromatic carbocycles. The summed E-state index contributed by atoms with van der Waals surface area (Å²) in [6.07, 6.45) is 0. The number of esters is 1. The highest BCUT2D eigenvalue weighted by Gasteiger charge is 2.15. The van der Waals surface area contributed by atoms with Gasteiger partial charge in [0.15, 0.2) is 0 Å². The molecule has 0 saturated carbocycles. The fourth-order valence-corrected chi connectivity index (χ4v) is 2.85. The third-order valence-corrected chi connectivity index (χ3v) is 4.39. The summed E-state index contributed by atoms with van der Waals surface area (Å²) in [7, 11) is 1.52. The van der Waals surface area contributed by atoms with Gasteiger partial charge in [-0.2, -0.15) is 0 Å². The van der Waals surface area contributed by atoms with Crippen molar-refractivity contribution in [2.75, 3.05) is 13.7 Å². The molecular formula is C18H15Cl2NO3. The highest BCUT2D eigenvalue weighted by Crippen LogP contribution is 2.33. The molecule has 0 unspecified atom stereocenters. The summed E-state index contributed by atoms with van der Waals surface area (Å²) >= 11 is 12.1. The Labute approximate surface area is 149 Å². The predicted molar refractivity (Wildman–Crippen MR) is 96.3 cm³/mol. The molecule has 124 valence electrons. The largest absolute Gasteiger partial charge is 0.496 e. The molecule has 6 heteroatoms. The molecule has 1 heterocycles. The molecular weight excluding hydrogens is 349 g/mol. The van der Waals surface area contributed by atoms with Gasteiger partial charge in [0.2, 0.25) is 0 Å². The molecule has 3 rings (SSSR count). The van der Waals surface area contributed by atoms with Crippen LogP contribution in [-0.4, -0.2) is 24.7 Å². The molecule has 0 spiro atoms. The first-order chi connectivity index (χ1) is 11.5. The zero-order chi connectivity index (χ0) is 17.3. The van der Waals surface area contributed by atoms with Gasteiger partial charge in [0.1, 0.15) is 11.3 Å². The van der Waals surface area contributed by atoms with Crippen LogP contribution in [0.25, 0.3) is 22.2 Å². The number of fused-ring (bicyclic) bond motifs is 1. The van der Waals surface area contributed by atoms with E-state index in [4.69, 9.17) is 32.7 Å². The molecule has 0 radical (unpaired) electrons. The minimum atomic E-state index is -0.406. The second-order valence-electron chi connectivity index (χ2n) is 5.17. The molecule has 0 amide bonds. The summed E-state index contributed by atoms with van der Waals surface area (Å²) in [4.78, 5) is 15.2. The number of hydrogen-bond donors (Lipinski definition) is 1. The maximum absolute atomic E-state index is 11.9. The second kappa shape index (κ2) is 6.75. The molecule has 3 aromatic rings. The number of nitrogens with one attached hydrogen (secondary N) is 1. The van der Waals surface area contributed by atoms with Crippen LogP contribution in [0.5, 0.6) is 5.75 Å². The van der Waals surface area contributed by atoms with Crippen molar-refractivity contribution in [2.24, 2.45) is 0 Å². The second-order valence-corrected chi connectivity index (χ2v) is 5.99. The van der Waals surface area contributed by atoms with Crippen LogP contribution in [0.4, 0.5) is 0 Å². The molecule has 4 nitrogen and oxygen atoms in total. The van der Waals surface area contributed by atoms with Crippen LogP contribution in [0.15, 0.2) is 36.4 Å². The number of ether oxygens (including phenoxy) is 2. The lowest BCUT2D eigenvalue weighted by Gasteiger charge is -2.09. The number of carbonyl (C=O) groups is 1. The summed E-state index contributed by atoms with van der Waals surface area (Å²) in [5, 5.41) is 1.95. The Morgan fingerprint density at radius 2 is 1.88 bits per heavy atom.